The van der Waals surface area contributed by atoms with Crippen LogP contribution in [0.4, 0.5) is 10.1 Å². The molecule has 112 valence electrons. The van der Waals surface area contributed by atoms with Gasteiger partial charge in [-0.15, -0.1) is 0 Å². The number of hydrogen-bond acceptors (Lipinski definition) is 3. The van der Waals surface area contributed by atoms with Gasteiger partial charge in [0, 0.05) is 31.9 Å². The molecule has 0 radical (unpaired) electrons. The molecule has 1 aromatic rings. The van der Waals surface area contributed by atoms with E-state index in [4.69, 9.17) is 5.73 Å². The second-order valence-corrected chi connectivity index (χ2v) is 5.92. The van der Waals surface area contributed by atoms with Gasteiger partial charge in [-0.2, -0.15) is 0 Å². The lowest BCUT2D eigenvalue weighted by atomic mass is 10.0. The molecule has 2 rings (SSSR count). The summed E-state index contributed by atoms with van der Waals surface area (Å²) >= 11 is 0. The van der Waals surface area contributed by atoms with E-state index in [9.17, 15) is 4.39 Å². The van der Waals surface area contributed by atoms with Gasteiger partial charge in [0.25, 0.3) is 0 Å². The molecule has 1 saturated heterocycles. The molecular weight excluding hydrogens is 253 g/mol. The number of hydrogen-bond donors (Lipinski definition) is 1. The molecule has 0 aromatic heterocycles. The van der Waals surface area contributed by atoms with Crippen molar-refractivity contribution in [1.82, 2.24) is 4.90 Å². The first-order chi connectivity index (χ1) is 9.56. The smallest absolute Gasteiger partial charge is 0.123 e. The molecule has 1 aromatic carbocycles. The number of likely N-dealkylation sites (N-methyl/N-ethyl adjacent to an activating group) is 1. The van der Waals surface area contributed by atoms with Gasteiger partial charge >= 0.3 is 0 Å². The molecule has 20 heavy (non-hydrogen) atoms. The lowest BCUT2D eigenvalue weighted by Gasteiger charge is -2.26. The Hall–Kier alpha value is -1.13. The van der Waals surface area contributed by atoms with Crippen LogP contribution in [0.15, 0.2) is 18.2 Å². The maximum absolute atomic E-state index is 13.4. The highest BCUT2D eigenvalue weighted by Gasteiger charge is 2.14. The Morgan fingerprint density at radius 1 is 1.35 bits per heavy atom. The van der Waals surface area contributed by atoms with Crippen molar-refractivity contribution in [3.05, 3.63) is 29.6 Å². The summed E-state index contributed by atoms with van der Waals surface area (Å²) in [5, 5.41) is 0. The van der Waals surface area contributed by atoms with Crippen LogP contribution in [0.25, 0.3) is 0 Å². The zero-order valence-electron chi connectivity index (χ0n) is 12.6. The van der Waals surface area contributed by atoms with Gasteiger partial charge in [-0.05, 0) is 63.0 Å². The van der Waals surface area contributed by atoms with Crippen LogP contribution in [-0.4, -0.2) is 44.2 Å². The zero-order chi connectivity index (χ0) is 14.5. The van der Waals surface area contributed by atoms with E-state index >= 15 is 0 Å². The van der Waals surface area contributed by atoms with Crippen molar-refractivity contribution in [2.75, 3.05) is 38.1 Å². The fraction of sp³-hybridized carbons (Fsp3) is 0.625. The van der Waals surface area contributed by atoms with Gasteiger partial charge in [0.1, 0.15) is 5.82 Å². The van der Waals surface area contributed by atoms with Gasteiger partial charge in [0.05, 0.1) is 0 Å². The Bertz CT molecular complexity index is 428. The second kappa shape index (κ2) is 7.04. The summed E-state index contributed by atoms with van der Waals surface area (Å²) in [5.41, 5.74) is 7.97. The number of likely N-dealkylation sites (tertiary alicyclic amines) is 1. The molecule has 0 saturated carbocycles. The van der Waals surface area contributed by atoms with Gasteiger partial charge in [0.15, 0.2) is 0 Å². The van der Waals surface area contributed by atoms with Crippen molar-refractivity contribution < 1.29 is 4.39 Å². The van der Waals surface area contributed by atoms with E-state index in [-0.39, 0.29) is 11.9 Å². The highest BCUT2D eigenvalue weighted by Crippen LogP contribution is 2.22. The molecule has 1 aliphatic heterocycles. The van der Waals surface area contributed by atoms with Crippen LogP contribution in [-0.2, 0) is 6.42 Å². The topological polar surface area (TPSA) is 32.5 Å². The van der Waals surface area contributed by atoms with Crippen LogP contribution in [0.1, 0.15) is 25.3 Å². The van der Waals surface area contributed by atoms with Gasteiger partial charge in [0.2, 0.25) is 0 Å². The van der Waals surface area contributed by atoms with Crippen LogP contribution < -0.4 is 10.6 Å². The van der Waals surface area contributed by atoms with Crippen molar-refractivity contribution in [3.8, 4) is 0 Å². The van der Waals surface area contributed by atoms with Crippen LogP contribution in [0.3, 0.4) is 0 Å². The quantitative estimate of drug-likeness (QED) is 0.867. The Morgan fingerprint density at radius 2 is 2.05 bits per heavy atom. The summed E-state index contributed by atoms with van der Waals surface area (Å²) in [5.74, 6) is -0.183. The third-order valence-corrected chi connectivity index (χ3v) is 3.94. The first-order valence-corrected chi connectivity index (χ1v) is 7.54. The summed E-state index contributed by atoms with van der Waals surface area (Å²) < 4.78 is 13.4. The summed E-state index contributed by atoms with van der Waals surface area (Å²) in [6.45, 7) is 6.43. The van der Waals surface area contributed by atoms with Gasteiger partial charge in [-0.3, -0.25) is 0 Å². The number of nitrogens with zero attached hydrogens (tertiary/aromatic N) is 2. The maximum atomic E-state index is 13.4. The average molecular weight is 279 g/mol. The zero-order valence-corrected chi connectivity index (χ0v) is 12.6. The number of benzene rings is 1. The van der Waals surface area contributed by atoms with Crippen LogP contribution in [0.5, 0.6) is 0 Å². The minimum atomic E-state index is -0.183. The lowest BCUT2D eigenvalue weighted by molar-refractivity contribution is 0.346. The average Bonchev–Trinajstić information content (AvgIpc) is 2.88. The summed E-state index contributed by atoms with van der Waals surface area (Å²) in [4.78, 5) is 4.71. The molecule has 2 N–H and O–H groups in total. The van der Waals surface area contributed by atoms with Crippen LogP contribution >= 0.6 is 0 Å². The molecular formula is C16H26FN3. The fourth-order valence-electron chi connectivity index (χ4n) is 2.85. The monoisotopic (exact) mass is 279 g/mol. The molecule has 0 spiro atoms. The Kier molecular flexibility index (Phi) is 5.38. The maximum Gasteiger partial charge on any atom is 0.123 e. The normalized spacial score (nSPS) is 17.4. The van der Waals surface area contributed by atoms with Crippen molar-refractivity contribution in [3.63, 3.8) is 0 Å². The standard InChI is InChI=1S/C16H26FN3/c1-13(18)11-14-12-15(17)5-6-16(14)19(2)9-10-20-7-3-4-8-20/h5-6,12-13H,3-4,7-11,18H2,1-2H3. The first kappa shape index (κ1) is 15.3. The summed E-state index contributed by atoms with van der Waals surface area (Å²) in [6, 6.07) is 5.07. The minimum Gasteiger partial charge on any atom is -0.373 e. The fourth-order valence-corrected chi connectivity index (χ4v) is 2.85. The highest BCUT2D eigenvalue weighted by atomic mass is 19.1. The van der Waals surface area contributed by atoms with Crippen LogP contribution in [0, 0.1) is 5.82 Å². The third-order valence-electron chi connectivity index (χ3n) is 3.94. The number of halogens is 1. The molecule has 0 amide bonds. The summed E-state index contributed by atoms with van der Waals surface area (Å²) in [6.07, 6.45) is 3.34. The second-order valence-electron chi connectivity index (χ2n) is 5.92. The van der Waals surface area contributed by atoms with E-state index in [0.29, 0.717) is 6.42 Å². The molecule has 1 aliphatic rings. The first-order valence-electron chi connectivity index (χ1n) is 7.54. The minimum absolute atomic E-state index is 0.0440. The van der Waals surface area contributed by atoms with Gasteiger partial charge in [-0.25, -0.2) is 4.39 Å². The van der Waals surface area contributed by atoms with Crippen LogP contribution in [0.2, 0.25) is 0 Å². The van der Waals surface area contributed by atoms with Crippen molar-refractivity contribution >= 4 is 5.69 Å². The highest BCUT2D eigenvalue weighted by molar-refractivity contribution is 5.53. The van der Waals surface area contributed by atoms with E-state index in [2.05, 4.69) is 16.8 Å². The molecule has 1 fully saturated rings. The molecule has 4 heteroatoms. The Morgan fingerprint density at radius 3 is 2.70 bits per heavy atom. The molecule has 3 nitrogen and oxygen atoms in total. The van der Waals surface area contributed by atoms with Gasteiger partial charge in [-0.1, -0.05) is 0 Å². The van der Waals surface area contributed by atoms with Crippen molar-refractivity contribution in [2.45, 2.75) is 32.2 Å². The molecule has 1 heterocycles. The summed E-state index contributed by atoms with van der Waals surface area (Å²) in [7, 11) is 2.08. The van der Waals surface area contributed by atoms with Crippen molar-refractivity contribution in [1.29, 1.82) is 0 Å². The van der Waals surface area contributed by atoms with E-state index in [0.717, 1.165) is 24.3 Å². The van der Waals surface area contributed by atoms with Gasteiger partial charge < -0.3 is 15.5 Å². The predicted molar refractivity (Wildman–Crippen MR) is 82.7 cm³/mol. The number of nitrogens with two attached hydrogens (primary N) is 1. The number of anilines is 1. The lowest BCUT2D eigenvalue weighted by Crippen LogP contribution is -2.32. The van der Waals surface area contributed by atoms with E-state index in [1.54, 1.807) is 6.07 Å². The molecule has 1 unspecified atom stereocenters. The largest absolute Gasteiger partial charge is 0.373 e. The molecule has 1 atom stereocenters. The Labute approximate surface area is 121 Å². The molecule has 0 bridgehead atoms. The van der Waals surface area contributed by atoms with E-state index in [1.807, 2.05) is 13.0 Å². The SMILES string of the molecule is CC(N)Cc1cc(F)ccc1N(C)CCN1CCCC1. The predicted octanol–water partition coefficient (Wildman–Crippen LogP) is 2.25. The van der Waals surface area contributed by atoms with E-state index in [1.165, 1.54) is 32.0 Å². The van der Waals surface area contributed by atoms with E-state index < -0.39 is 0 Å². The number of rotatable bonds is 6. The van der Waals surface area contributed by atoms with Crippen molar-refractivity contribution in [2.24, 2.45) is 5.73 Å². The Balaban J connectivity index is 2.01. The molecule has 0 aliphatic carbocycles. The third kappa shape index (κ3) is 4.18.